The van der Waals surface area contributed by atoms with E-state index in [4.69, 9.17) is 0 Å². The molecule has 4 rings (SSSR count). The molecule has 2 aromatic carbocycles. The van der Waals surface area contributed by atoms with Gasteiger partial charge in [0, 0.05) is 23.0 Å². The van der Waals surface area contributed by atoms with Crippen molar-refractivity contribution in [3.8, 4) is 5.69 Å². The Bertz CT molecular complexity index is 1030. The molecule has 0 bridgehead atoms. The van der Waals surface area contributed by atoms with E-state index in [-0.39, 0.29) is 24.4 Å². The van der Waals surface area contributed by atoms with Gasteiger partial charge in [0.1, 0.15) is 6.33 Å². The lowest BCUT2D eigenvalue weighted by molar-refractivity contribution is -0.117. The average molecular weight is 390 g/mol. The highest BCUT2D eigenvalue weighted by atomic mass is 16.2. The molecule has 3 N–H and O–H groups in total. The smallest absolute Gasteiger partial charge is 0.319 e. The van der Waals surface area contributed by atoms with E-state index in [1.807, 2.05) is 54.0 Å². The third kappa shape index (κ3) is 4.60. The molecule has 8 nitrogen and oxygen atoms in total. The number of anilines is 2. The number of urea groups is 1. The molecule has 1 saturated carbocycles. The van der Waals surface area contributed by atoms with Crippen molar-refractivity contribution in [3.63, 3.8) is 0 Å². The molecule has 0 radical (unpaired) electrons. The largest absolute Gasteiger partial charge is 0.331 e. The molecule has 1 aliphatic rings. The number of para-hydroxylation sites is 1. The zero-order valence-corrected chi connectivity index (χ0v) is 16.1. The van der Waals surface area contributed by atoms with E-state index >= 15 is 0 Å². The molecule has 1 aliphatic carbocycles. The van der Waals surface area contributed by atoms with Crippen LogP contribution in [0.1, 0.15) is 24.2 Å². The third-order valence-electron chi connectivity index (χ3n) is 4.76. The Balaban J connectivity index is 1.38. The monoisotopic (exact) mass is 390 g/mol. The highest BCUT2D eigenvalue weighted by Crippen LogP contribution is 2.30. The van der Waals surface area contributed by atoms with Crippen molar-refractivity contribution in [1.82, 2.24) is 20.1 Å². The fourth-order valence-corrected chi connectivity index (χ4v) is 2.93. The predicted molar refractivity (Wildman–Crippen MR) is 110 cm³/mol. The van der Waals surface area contributed by atoms with Crippen molar-refractivity contribution in [2.45, 2.75) is 26.3 Å². The zero-order chi connectivity index (χ0) is 20.2. The molecule has 148 valence electrons. The maximum atomic E-state index is 12.4. The molecule has 1 heterocycles. The molecule has 0 spiro atoms. The summed E-state index contributed by atoms with van der Waals surface area (Å²) in [6.45, 7) is 2.12. The lowest BCUT2D eigenvalue weighted by atomic mass is 10.1. The lowest BCUT2D eigenvalue weighted by Gasteiger charge is -2.12. The van der Waals surface area contributed by atoms with E-state index in [1.165, 1.54) is 0 Å². The Kier molecular flexibility index (Phi) is 5.24. The highest BCUT2D eigenvalue weighted by Gasteiger charge is 2.29. The van der Waals surface area contributed by atoms with E-state index in [9.17, 15) is 9.59 Å². The van der Waals surface area contributed by atoms with E-state index in [0.29, 0.717) is 17.2 Å². The Morgan fingerprint density at radius 3 is 2.66 bits per heavy atom. The van der Waals surface area contributed by atoms with Crippen molar-refractivity contribution >= 4 is 23.3 Å². The van der Waals surface area contributed by atoms with Gasteiger partial charge in [0.2, 0.25) is 5.91 Å². The number of nitrogens with zero attached hydrogens (tertiary/aromatic N) is 3. The van der Waals surface area contributed by atoms with Gasteiger partial charge in [-0.1, -0.05) is 24.3 Å². The molecule has 0 saturated heterocycles. The minimum atomic E-state index is -0.360. The van der Waals surface area contributed by atoms with Crippen LogP contribution in [0.2, 0.25) is 0 Å². The number of hydrogen-bond donors (Lipinski definition) is 3. The van der Waals surface area contributed by atoms with Gasteiger partial charge in [0.15, 0.2) is 5.82 Å². The fourth-order valence-electron chi connectivity index (χ4n) is 2.93. The second-order valence-corrected chi connectivity index (χ2v) is 7.05. The van der Waals surface area contributed by atoms with Gasteiger partial charge in [-0.25, -0.2) is 4.79 Å². The number of aryl methyl sites for hydroxylation is 1. The topological polar surface area (TPSA) is 101 Å². The third-order valence-corrected chi connectivity index (χ3v) is 4.76. The zero-order valence-electron chi connectivity index (χ0n) is 16.1. The van der Waals surface area contributed by atoms with Gasteiger partial charge in [0.05, 0.1) is 6.54 Å². The average Bonchev–Trinajstić information content (AvgIpc) is 3.48. The van der Waals surface area contributed by atoms with E-state index in [0.717, 1.165) is 24.1 Å². The van der Waals surface area contributed by atoms with E-state index in [1.54, 1.807) is 12.4 Å². The number of carbonyl (C=O) groups excluding carboxylic acids is 2. The SMILES string of the molecule is Cc1ccc(NC(=O)C2CC2)cc1NC(=O)NCc1nncn1-c1ccccc1. The van der Waals surface area contributed by atoms with E-state index in [2.05, 4.69) is 26.1 Å². The molecular formula is C21H22N6O2. The quantitative estimate of drug-likeness (QED) is 0.601. The number of rotatable bonds is 6. The van der Waals surface area contributed by atoms with Crippen molar-refractivity contribution in [1.29, 1.82) is 0 Å². The van der Waals surface area contributed by atoms with Crippen molar-refractivity contribution in [2.75, 3.05) is 10.6 Å². The summed E-state index contributed by atoms with van der Waals surface area (Å²) < 4.78 is 1.82. The molecule has 1 fully saturated rings. The Morgan fingerprint density at radius 2 is 1.90 bits per heavy atom. The van der Waals surface area contributed by atoms with Crippen molar-refractivity contribution in [3.05, 3.63) is 66.2 Å². The van der Waals surface area contributed by atoms with Crippen LogP contribution in [-0.4, -0.2) is 26.7 Å². The van der Waals surface area contributed by atoms with Crippen LogP contribution >= 0.6 is 0 Å². The molecule has 29 heavy (non-hydrogen) atoms. The summed E-state index contributed by atoms with van der Waals surface area (Å²) in [4.78, 5) is 24.3. The summed E-state index contributed by atoms with van der Waals surface area (Å²) in [5.74, 6) is 0.774. The number of nitrogens with one attached hydrogen (secondary N) is 3. The molecule has 3 aromatic rings. The molecule has 0 aliphatic heterocycles. The molecular weight excluding hydrogens is 368 g/mol. The maximum Gasteiger partial charge on any atom is 0.319 e. The summed E-state index contributed by atoms with van der Waals surface area (Å²) in [7, 11) is 0. The molecule has 1 aromatic heterocycles. The summed E-state index contributed by atoms with van der Waals surface area (Å²) >= 11 is 0. The first-order valence-corrected chi connectivity index (χ1v) is 9.51. The standard InChI is InChI=1S/C21H22N6O2/c1-14-7-10-16(24-20(28)15-8-9-15)11-18(14)25-21(29)22-12-19-26-23-13-27(19)17-5-3-2-4-6-17/h2-7,10-11,13,15H,8-9,12H2,1H3,(H,24,28)(H2,22,25,29). The van der Waals surface area contributed by atoms with Crippen LogP contribution in [0, 0.1) is 12.8 Å². The first-order chi connectivity index (χ1) is 14.1. The first-order valence-electron chi connectivity index (χ1n) is 9.51. The molecule has 0 unspecified atom stereocenters. The molecule has 0 atom stereocenters. The summed E-state index contributed by atoms with van der Waals surface area (Å²) in [6, 6.07) is 14.8. The van der Waals surface area contributed by atoms with Gasteiger partial charge >= 0.3 is 6.03 Å². The van der Waals surface area contributed by atoms with Crippen molar-refractivity contribution < 1.29 is 9.59 Å². The number of amides is 3. The van der Waals surface area contributed by atoms with Crippen LogP contribution in [0.15, 0.2) is 54.9 Å². The van der Waals surface area contributed by atoms with Gasteiger partial charge < -0.3 is 16.0 Å². The lowest BCUT2D eigenvalue weighted by Crippen LogP contribution is -2.29. The summed E-state index contributed by atoms with van der Waals surface area (Å²) in [5, 5.41) is 16.5. The van der Waals surface area contributed by atoms with Gasteiger partial charge in [-0.05, 0) is 49.6 Å². The van der Waals surface area contributed by atoms with Gasteiger partial charge in [0.25, 0.3) is 0 Å². The van der Waals surface area contributed by atoms with E-state index < -0.39 is 0 Å². The van der Waals surface area contributed by atoms with Crippen LogP contribution in [0.25, 0.3) is 5.69 Å². The molecule has 3 amide bonds. The summed E-state index contributed by atoms with van der Waals surface area (Å²) in [6.07, 6.45) is 3.50. The highest BCUT2D eigenvalue weighted by molar-refractivity contribution is 5.96. The second-order valence-electron chi connectivity index (χ2n) is 7.05. The minimum absolute atomic E-state index is 0.0319. The Morgan fingerprint density at radius 1 is 1.10 bits per heavy atom. The maximum absolute atomic E-state index is 12.4. The number of benzene rings is 2. The predicted octanol–water partition coefficient (Wildman–Crippen LogP) is 3.25. The number of aromatic nitrogens is 3. The van der Waals surface area contributed by atoms with Gasteiger partial charge in [-0.15, -0.1) is 10.2 Å². The molecule has 8 heteroatoms. The fraction of sp³-hybridized carbons (Fsp3) is 0.238. The number of carbonyl (C=O) groups is 2. The second kappa shape index (κ2) is 8.14. The Hall–Kier alpha value is -3.68. The van der Waals surface area contributed by atoms with Crippen LogP contribution in [0.4, 0.5) is 16.2 Å². The van der Waals surface area contributed by atoms with Crippen LogP contribution in [0.5, 0.6) is 0 Å². The van der Waals surface area contributed by atoms with Crippen LogP contribution in [0.3, 0.4) is 0 Å². The van der Waals surface area contributed by atoms with Gasteiger partial charge in [-0.3, -0.25) is 9.36 Å². The van der Waals surface area contributed by atoms with Crippen molar-refractivity contribution in [2.24, 2.45) is 5.92 Å². The minimum Gasteiger partial charge on any atom is -0.331 e. The van der Waals surface area contributed by atoms with Gasteiger partial charge in [-0.2, -0.15) is 0 Å². The normalized spacial score (nSPS) is 13.0. The van der Waals surface area contributed by atoms with Crippen LogP contribution in [-0.2, 0) is 11.3 Å². The number of hydrogen-bond acceptors (Lipinski definition) is 4. The first kappa shape index (κ1) is 18.7. The Labute approximate surface area is 168 Å². The van der Waals surface area contributed by atoms with Crippen LogP contribution < -0.4 is 16.0 Å². The summed E-state index contributed by atoms with van der Waals surface area (Å²) in [5.41, 5.74) is 3.13.